The van der Waals surface area contributed by atoms with Crippen LogP contribution in [0.2, 0.25) is 0 Å². The number of benzene rings is 1. The van der Waals surface area contributed by atoms with Crippen LogP contribution in [0.5, 0.6) is 0 Å². The Hall–Kier alpha value is -3.25. The monoisotopic (exact) mass is 363 g/mol. The Morgan fingerprint density at radius 2 is 1.96 bits per heavy atom. The van der Waals surface area contributed by atoms with Gasteiger partial charge >= 0.3 is 0 Å². The maximum Gasteiger partial charge on any atom is 0.241 e. The summed E-state index contributed by atoms with van der Waals surface area (Å²) in [5, 5.41) is 11.2. The van der Waals surface area contributed by atoms with E-state index in [1.807, 2.05) is 12.1 Å². The third kappa shape index (κ3) is 3.80. The summed E-state index contributed by atoms with van der Waals surface area (Å²) < 4.78 is 0. The van der Waals surface area contributed by atoms with Crippen molar-refractivity contribution in [2.45, 2.75) is 26.4 Å². The molecule has 138 valence electrons. The van der Waals surface area contributed by atoms with Crippen molar-refractivity contribution in [2.24, 2.45) is 5.73 Å². The fraction of sp³-hybridized carbons (Fsp3) is 0.190. The van der Waals surface area contributed by atoms with Crippen LogP contribution in [0.4, 0.5) is 0 Å². The summed E-state index contributed by atoms with van der Waals surface area (Å²) in [5.74, 6) is -0.642. The normalized spacial score (nSPS) is 12.0. The molecule has 27 heavy (non-hydrogen) atoms. The lowest BCUT2D eigenvalue weighted by molar-refractivity contribution is -0.113. The molecule has 1 amide bonds. The summed E-state index contributed by atoms with van der Waals surface area (Å²) in [6.07, 6.45) is 6.38. The number of aliphatic hydroxyl groups is 1. The van der Waals surface area contributed by atoms with Crippen LogP contribution >= 0.6 is 0 Å². The zero-order chi connectivity index (χ0) is 19.8. The highest BCUT2D eigenvalue weighted by Crippen LogP contribution is 2.30. The van der Waals surface area contributed by atoms with E-state index < -0.39 is 11.5 Å². The van der Waals surface area contributed by atoms with E-state index in [0.717, 1.165) is 22.1 Å². The van der Waals surface area contributed by atoms with Crippen molar-refractivity contribution in [2.75, 3.05) is 0 Å². The largest absolute Gasteiger partial charge is 0.386 e. The third-order valence-electron chi connectivity index (χ3n) is 4.38. The summed E-state index contributed by atoms with van der Waals surface area (Å²) in [4.78, 5) is 30.5. The number of hydrogen-bond donors (Lipinski definition) is 3. The van der Waals surface area contributed by atoms with Gasteiger partial charge in [0.05, 0.1) is 5.60 Å². The quantitative estimate of drug-likeness (QED) is 0.478. The van der Waals surface area contributed by atoms with Gasteiger partial charge in [0.1, 0.15) is 5.65 Å². The van der Waals surface area contributed by atoms with Crippen molar-refractivity contribution in [1.29, 1.82) is 0 Å². The molecule has 3 aromatic rings. The lowest BCUT2D eigenvalue weighted by atomic mass is 9.89. The van der Waals surface area contributed by atoms with Crippen molar-refractivity contribution < 1.29 is 14.7 Å². The number of hydrogen-bond acceptors (Lipinski definition) is 4. The molecule has 0 saturated carbocycles. The van der Waals surface area contributed by atoms with Crippen LogP contribution in [-0.2, 0) is 10.4 Å². The number of aromatic nitrogens is 2. The summed E-state index contributed by atoms with van der Waals surface area (Å²) in [7, 11) is 0. The van der Waals surface area contributed by atoms with Gasteiger partial charge in [0.15, 0.2) is 5.78 Å². The van der Waals surface area contributed by atoms with E-state index >= 15 is 0 Å². The molecule has 1 aromatic carbocycles. The maximum atomic E-state index is 12.1. The molecule has 6 nitrogen and oxygen atoms in total. The first-order chi connectivity index (χ1) is 12.7. The minimum Gasteiger partial charge on any atom is -0.386 e. The molecule has 0 unspecified atom stereocenters. The Morgan fingerprint density at radius 3 is 2.59 bits per heavy atom. The number of aromatic amines is 1. The van der Waals surface area contributed by atoms with E-state index in [2.05, 4.69) is 9.97 Å². The zero-order valence-corrected chi connectivity index (χ0v) is 15.4. The maximum absolute atomic E-state index is 12.1. The number of amides is 1. The van der Waals surface area contributed by atoms with Gasteiger partial charge in [-0.15, -0.1) is 0 Å². The number of nitrogens with two attached hydrogens (primary N) is 1. The first-order valence-electron chi connectivity index (χ1n) is 8.49. The average Bonchev–Trinajstić information content (AvgIpc) is 3.00. The molecule has 0 aliphatic rings. The van der Waals surface area contributed by atoms with E-state index in [9.17, 15) is 14.7 Å². The number of carbonyl (C=O) groups excluding carboxylic acids is 2. The van der Waals surface area contributed by atoms with Gasteiger partial charge in [-0.05, 0) is 50.1 Å². The molecule has 3 rings (SSSR count). The van der Waals surface area contributed by atoms with Crippen LogP contribution in [0.15, 0.2) is 42.7 Å². The van der Waals surface area contributed by atoms with Gasteiger partial charge < -0.3 is 15.8 Å². The lowest BCUT2D eigenvalue weighted by Gasteiger charge is -2.21. The smallest absolute Gasteiger partial charge is 0.241 e. The summed E-state index contributed by atoms with van der Waals surface area (Å²) >= 11 is 0. The van der Waals surface area contributed by atoms with Gasteiger partial charge in [-0.25, -0.2) is 4.98 Å². The van der Waals surface area contributed by atoms with Gasteiger partial charge in [0, 0.05) is 40.5 Å². The Balaban J connectivity index is 2.12. The number of carbonyl (C=O) groups is 2. The predicted molar refractivity (Wildman–Crippen MR) is 105 cm³/mol. The molecular formula is C21H21N3O3. The van der Waals surface area contributed by atoms with E-state index in [0.29, 0.717) is 16.8 Å². The van der Waals surface area contributed by atoms with Crippen molar-refractivity contribution in [3.05, 3.63) is 59.4 Å². The van der Waals surface area contributed by atoms with Crippen LogP contribution in [0.3, 0.4) is 0 Å². The fourth-order valence-corrected chi connectivity index (χ4v) is 3.04. The lowest BCUT2D eigenvalue weighted by Crippen LogP contribution is -2.19. The number of H-pyrrole nitrogens is 1. The minimum absolute atomic E-state index is 0.116. The van der Waals surface area contributed by atoms with Crippen molar-refractivity contribution in [3.8, 4) is 11.1 Å². The van der Waals surface area contributed by atoms with Gasteiger partial charge in [0.2, 0.25) is 5.91 Å². The molecule has 6 heteroatoms. The highest BCUT2D eigenvalue weighted by Gasteiger charge is 2.22. The second kappa shape index (κ2) is 6.81. The molecule has 4 N–H and O–H groups in total. The number of Topliss-reactive ketones (excluding diaryl/α,β-unsaturated/α-hetero) is 1. The van der Waals surface area contributed by atoms with Crippen LogP contribution < -0.4 is 5.73 Å². The van der Waals surface area contributed by atoms with Crippen LogP contribution in [-0.4, -0.2) is 26.8 Å². The topological polar surface area (TPSA) is 109 Å². The van der Waals surface area contributed by atoms with E-state index in [1.165, 1.54) is 13.0 Å². The first kappa shape index (κ1) is 18.5. The molecule has 0 radical (unpaired) electrons. The highest BCUT2D eigenvalue weighted by molar-refractivity contribution is 5.98. The SMILES string of the molecule is CC(=O)c1cc(-c2cnc3[nH]cc(C=CC(N)=O)c3c2)ccc1C(C)(C)O. The number of ketones is 1. The molecule has 2 aromatic heterocycles. The molecule has 0 spiro atoms. The predicted octanol–water partition coefficient (Wildman–Crippen LogP) is 3.16. The molecule has 2 heterocycles. The number of nitrogens with one attached hydrogen (secondary N) is 1. The number of nitrogens with zero attached hydrogens (tertiary/aromatic N) is 1. The molecule has 0 fully saturated rings. The van der Waals surface area contributed by atoms with E-state index in [4.69, 9.17) is 5.73 Å². The fourth-order valence-electron chi connectivity index (χ4n) is 3.04. The van der Waals surface area contributed by atoms with E-state index in [-0.39, 0.29) is 5.78 Å². The minimum atomic E-state index is -1.12. The van der Waals surface area contributed by atoms with Crippen molar-refractivity contribution in [3.63, 3.8) is 0 Å². The average molecular weight is 363 g/mol. The second-order valence-corrected chi connectivity index (χ2v) is 6.98. The van der Waals surface area contributed by atoms with Crippen molar-refractivity contribution in [1.82, 2.24) is 9.97 Å². The molecule has 0 bridgehead atoms. The van der Waals surface area contributed by atoms with Crippen LogP contribution in [0.1, 0.15) is 42.3 Å². The summed E-state index contributed by atoms with van der Waals surface area (Å²) in [6.45, 7) is 4.78. The van der Waals surface area contributed by atoms with Gasteiger partial charge in [0.25, 0.3) is 0 Å². The molecular weight excluding hydrogens is 342 g/mol. The standard InChI is InChI=1S/C21H21N3O3/c1-12(25)16-8-13(4-6-18(16)21(2,3)27)15-9-17-14(5-7-19(22)26)10-23-20(17)24-11-15/h4-11,27H,1-3H3,(H2,22,26)(H,23,24). The Kier molecular flexibility index (Phi) is 4.68. The number of rotatable bonds is 5. The number of fused-ring (bicyclic) bond motifs is 1. The van der Waals surface area contributed by atoms with E-state index in [1.54, 1.807) is 44.4 Å². The van der Waals surface area contributed by atoms with Crippen LogP contribution in [0.25, 0.3) is 28.2 Å². The summed E-state index contributed by atoms with van der Waals surface area (Å²) in [6, 6.07) is 7.32. The Morgan fingerprint density at radius 1 is 1.22 bits per heavy atom. The van der Waals surface area contributed by atoms with Gasteiger partial charge in [-0.1, -0.05) is 12.1 Å². The van der Waals surface area contributed by atoms with Gasteiger partial charge in [-0.2, -0.15) is 0 Å². The third-order valence-corrected chi connectivity index (χ3v) is 4.38. The van der Waals surface area contributed by atoms with Gasteiger partial charge in [-0.3, -0.25) is 9.59 Å². The Labute approximate surface area is 156 Å². The van der Waals surface area contributed by atoms with Crippen LogP contribution in [0, 0.1) is 0 Å². The summed E-state index contributed by atoms with van der Waals surface area (Å²) in [5.41, 5.74) is 8.21. The highest BCUT2D eigenvalue weighted by atomic mass is 16.3. The molecule has 0 saturated heterocycles. The molecule has 0 aliphatic heterocycles. The number of pyridine rings is 1. The first-order valence-corrected chi connectivity index (χ1v) is 8.49. The molecule has 0 aliphatic carbocycles. The molecule has 0 atom stereocenters. The van der Waals surface area contributed by atoms with Crippen molar-refractivity contribution >= 4 is 28.8 Å². The Bertz CT molecular complexity index is 1070. The number of primary amides is 1. The zero-order valence-electron chi connectivity index (χ0n) is 15.4. The second-order valence-electron chi connectivity index (χ2n) is 6.98.